The fraction of sp³-hybridized carbons (Fsp3) is 0.316. The molecule has 0 bridgehead atoms. The normalized spacial score (nSPS) is 14.1. The Bertz CT molecular complexity index is 1750. The van der Waals surface area contributed by atoms with Gasteiger partial charge in [0.2, 0.25) is 11.8 Å². The molecule has 48 heavy (non-hydrogen) atoms. The minimum atomic E-state index is -4.27. The quantitative estimate of drug-likeness (QED) is 0.165. The summed E-state index contributed by atoms with van der Waals surface area (Å²) >= 11 is 0. The number of hydrogen-bond donors (Lipinski definition) is 1. The van der Waals surface area contributed by atoms with Crippen molar-refractivity contribution >= 4 is 27.5 Å². The maximum atomic E-state index is 14.7. The Kier molecular flexibility index (Phi) is 11.8. The summed E-state index contributed by atoms with van der Waals surface area (Å²) in [6.07, 6.45) is 5.05. The van der Waals surface area contributed by atoms with Crippen LogP contribution in [0.3, 0.4) is 0 Å². The first-order valence-corrected chi connectivity index (χ1v) is 17.9. The van der Waals surface area contributed by atoms with Crippen molar-refractivity contribution in [2.24, 2.45) is 0 Å². The Labute approximate surface area is 282 Å². The molecular weight excluding hydrogens is 629 g/mol. The fourth-order valence-electron chi connectivity index (χ4n) is 6.06. The van der Waals surface area contributed by atoms with Crippen molar-refractivity contribution in [3.63, 3.8) is 0 Å². The van der Waals surface area contributed by atoms with Gasteiger partial charge in [-0.05, 0) is 67.3 Å². The molecule has 0 spiro atoms. The molecule has 0 aromatic heterocycles. The van der Waals surface area contributed by atoms with Gasteiger partial charge in [-0.2, -0.15) is 0 Å². The Balaban J connectivity index is 1.58. The number of nitrogens with one attached hydrogen (secondary N) is 1. The van der Waals surface area contributed by atoms with Crippen LogP contribution >= 0.6 is 0 Å². The van der Waals surface area contributed by atoms with E-state index in [2.05, 4.69) is 5.32 Å². The van der Waals surface area contributed by atoms with Crippen LogP contribution in [0.2, 0.25) is 0 Å². The molecule has 8 nitrogen and oxygen atoms in total. The number of hydrogen-bond acceptors (Lipinski definition) is 5. The molecule has 0 heterocycles. The van der Waals surface area contributed by atoms with Crippen molar-refractivity contribution in [1.29, 1.82) is 0 Å². The van der Waals surface area contributed by atoms with E-state index in [4.69, 9.17) is 4.74 Å². The number of sulfonamides is 1. The lowest BCUT2D eigenvalue weighted by Gasteiger charge is -2.35. The zero-order valence-electron chi connectivity index (χ0n) is 27.1. The van der Waals surface area contributed by atoms with Crippen molar-refractivity contribution in [3.8, 4) is 5.75 Å². The Morgan fingerprint density at radius 2 is 1.46 bits per heavy atom. The first-order valence-electron chi connectivity index (χ1n) is 16.4. The molecule has 10 heteroatoms. The van der Waals surface area contributed by atoms with Gasteiger partial charge in [0.05, 0.1) is 17.2 Å². The van der Waals surface area contributed by atoms with Crippen LogP contribution in [-0.2, 0) is 32.6 Å². The molecule has 1 N–H and O–H groups in total. The molecule has 1 fully saturated rings. The minimum Gasteiger partial charge on any atom is -0.492 e. The summed E-state index contributed by atoms with van der Waals surface area (Å²) in [6, 6.07) is 28.7. The molecule has 4 aromatic rings. The SMILES string of the molecule is CCOc1ccccc1N(CC(=O)N(Cc1ccc(F)cc1)[C@@H](Cc1ccccc1)C(=O)NC1CCCCC1)S(=O)(=O)c1ccccc1. The molecule has 2 amide bonds. The second-order valence-corrected chi connectivity index (χ2v) is 13.8. The molecule has 1 saturated carbocycles. The van der Waals surface area contributed by atoms with E-state index in [1.807, 2.05) is 30.3 Å². The smallest absolute Gasteiger partial charge is 0.264 e. The van der Waals surface area contributed by atoms with E-state index in [9.17, 15) is 22.4 Å². The minimum absolute atomic E-state index is 0.00469. The van der Waals surface area contributed by atoms with Crippen LogP contribution in [-0.4, -0.2) is 50.4 Å². The van der Waals surface area contributed by atoms with Crippen LogP contribution in [0.15, 0.2) is 114 Å². The number of ether oxygens (including phenoxy) is 1. The number of amides is 2. The Hall–Kier alpha value is -4.70. The highest BCUT2D eigenvalue weighted by atomic mass is 32.2. The van der Waals surface area contributed by atoms with Crippen LogP contribution in [0.25, 0.3) is 0 Å². The standard InChI is InChI=1S/C38H42FN3O5S/c1-2-47-36-21-13-12-20-34(36)42(48(45,46)33-18-10-5-11-19-33)28-37(43)41(27-30-22-24-31(39)25-23-30)35(26-29-14-6-3-7-15-29)38(44)40-32-16-8-4-9-17-32/h3,5-7,10-15,18-25,32,35H,2,4,8-9,16-17,26-28H2,1H3,(H,40,44)/t35-/m0/s1. The monoisotopic (exact) mass is 671 g/mol. The van der Waals surface area contributed by atoms with Crippen molar-refractivity contribution in [2.75, 3.05) is 17.5 Å². The number of rotatable bonds is 14. The topological polar surface area (TPSA) is 96.0 Å². The van der Waals surface area contributed by atoms with E-state index in [1.165, 1.54) is 29.2 Å². The molecule has 0 radical (unpaired) electrons. The van der Waals surface area contributed by atoms with Gasteiger partial charge in [-0.1, -0.05) is 92.1 Å². The average molecular weight is 672 g/mol. The van der Waals surface area contributed by atoms with Gasteiger partial charge < -0.3 is 15.0 Å². The molecule has 1 aliphatic carbocycles. The molecule has 1 atom stereocenters. The number of halogens is 1. The zero-order valence-corrected chi connectivity index (χ0v) is 27.9. The van der Waals surface area contributed by atoms with Gasteiger partial charge in [-0.25, -0.2) is 12.8 Å². The van der Waals surface area contributed by atoms with Gasteiger partial charge in [0.15, 0.2) is 0 Å². The summed E-state index contributed by atoms with van der Waals surface area (Å²) < 4.78 is 49.4. The van der Waals surface area contributed by atoms with Crippen LogP contribution in [0.1, 0.15) is 50.2 Å². The van der Waals surface area contributed by atoms with Crippen LogP contribution in [0.5, 0.6) is 5.75 Å². The predicted molar refractivity (Wildman–Crippen MR) is 184 cm³/mol. The number of carbonyl (C=O) groups is 2. The van der Waals surface area contributed by atoms with E-state index in [0.717, 1.165) is 42.0 Å². The predicted octanol–water partition coefficient (Wildman–Crippen LogP) is 6.51. The third-order valence-electron chi connectivity index (χ3n) is 8.53. The summed E-state index contributed by atoms with van der Waals surface area (Å²) in [4.78, 5) is 30.3. The Morgan fingerprint density at radius 1 is 0.833 bits per heavy atom. The third-order valence-corrected chi connectivity index (χ3v) is 10.3. The molecule has 1 aliphatic rings. The number of carbonyl (C=O) groups excluding carboxylic acids is 2. The molecule has 0 unspecified atom stereocenters. The van der Waals surface area contributed by atoms with Gasteiger partial charge in [0.25, 0.3) is 10.0 Å². The van der Waals surface area contributed by atoms with Crippen LogP contribution in [0, 0.1) is 5.82 Å². The maximum Gasteiger partial charge on any atom is 0.264 e. The van der Waals surface area contributed by atoms with Gasteiger partial charge in [0.1, 0.15) is 24.2 Å². The van der Waals surface area contributed by atoms with Crippen molar-refractivity contribution in [1.82, 2.24) is 10.2 Å². The highest BCUT2D eigenvalue weighted by Crippen LogP contribution is 2.33. The molecular formula is C38H42FN3O5S. The third kappa shape index (κ3) is 8.80. The largest absolute Gasteiger partial charge is 0.492 e. The number of anilines is 1. The summed E-state index contributed by atoms with van der Waals surface area (Å²) in [7, 11) is -4.27. The number of nitrogens with zero attached hydrogens (tertiary/aromatic N) is 2. The highest BCUT2D eigenvalue weighted by Gasteiger charge is 2.36. The van der Waals surface area contributed by atoms with Gasteiger partial charge in [0, 0.05) is 19.0 Å². The fourth-order valence-corrected chi connectivity index (χ4v) is 7.50. The molecule has 4 aromatic carbocycles. The highest BCUT2D eigenvalue weighted by molar-refractivity contribution is 7.92. The molecule has 5 rings (SSSR count). The van der Waals surface area contributed by atoms with E-state index in [-0.39, 0.29) is 42.1 Å². The van der Waals surface area contributed by atoms with Crippen LogP contribution in [0.4, 0.5) is 10.1 Å². The van der Waals surface area contributed by atoms with Gasteiger partial charge >= 0.3 is 0 Å². The van der Waals surface area contributed by atoms with Crippen molar-refractivity contribution < 1.29 is 27.1 Å². The van der Waals surface area contributed by atoms with E-state index >= 15 is 0 Å². The lowest BCUT2D eigenvalue weighted by atomic mass is 9.94. The zero-order chi connectivity index (χ0) is 33.9. The molecule has 0 aliphatic heterocycles. The second kappa shape index (κ2) is 16.4. The van der Waals surface area contributed by atoms with Gasteiger partial charge in [-0.15, -0.1) is 0 Å². The van der Waals surface area contributed by atoms with Crippen molar-refractivity contribution in [3.05, 3.63) is 126 Å². The lowest BCUT2D eigenvalue weighted by Crippen LogP contribution is -2.55. The van der Waals surface area contributed by atoms with E-state index < -0.39 is 34.3 Å². The second-order valence-electron chi connectivity index (χ2n) is 11.9. The first-order chi connectivity index (χ1) is 23.3. The summed E-state index contributed by atoms with van der Waals surface area (Å²) in [5.41, 5.74) is 1.64. The molecule has 0 saturated heterocycles. The lowest BCUT2D eigenvalue weighted by molar-refractivity contribution is -0.140. The van der Waals surface area contributed by atoms with Crippen molar-refractivity contribution in [2.45, 2.75) is 69.0 Å². The van der Waals surface area contributed by atoms with Crippen LogP contribution < -0.4 is 14.4 Å². The van der Waals surface area contributed by atoms with E-state index in [0.29, 0.717) is 11.3 Å². The summed E-state index contributed by atoms with van der Waals surface area (Å²) in [6.45, 7) is 1.43. The number of benzene rings is 4. The van der Waals surface area contributed by atoms with Gasteiger partial charge in [-0.3, -0.25) is 13.9 Å². The summed E-state index contributed by atoms with van der Waals surface area (Å²) in [5.74, 6) is -1.04. The number of para-hydroxylation sites is 2. The maximum absolute atomic E-state index is 14.7. The Morgan fingerprint density at radius 3 is 2.12 bits per heavy atom. The van der Waals surface area contributed by atoms with E-state index in [1.54, 1.807) is 61.5 Å². The average Bonchev–Trinajstić information content (AvgIpc) is 3.11. The molecule has 252 valence electrons. The summed E-state index contributed by atoms with van der Waals surface area (Å²) in [5, 5.41) is 3.19. The first kappa shape index (κ1) is 34.6.